The highest BCUT2D eigenvalue weighted by atomic mass is 35.5. The second kappa shape index (κ2) is 7.02. The Bertz CT molecular complexity index is 1050. The van der Waals surface area contributed by atoms with Crippen molar-refractivity contribution in [2.24, 2.45) is 5.14 Å². The number of nitrogens with one attached hydrogen (secondary N) is 2. The van der Waals surface area contributed by atoms with Crippen LogP contribution in [0.25, 0.3) is 0 Å². The third-order valence-corrected chi connectivity index (χ3v) is 4.66. The van der Waals surface area contributed by atoms with Crippen molar-refractivity contribution in [1.29, 1.82) is 0 Å². The van der Waals surface area contributed by atoms with Crippen molar-refractivity contribution in [2.75, 3.05) is 5.32 Å². The summed E-state index contributed by atoms with van der Waals surface area (Å²) in [5.41, 5.74) is 0.932. The van der Waals surface area contributed by atoms with E-state index in [1.54, 1.807) is 31.2 Å². The van der Waals surface area contributed by atoms with Crippen LogP contribution in [-0.4, -0.2) is 23.4 Å². The van der Waals surface area contributed by atoms with E-state index in [1.165, 1.54) is 18.3 Å². The van der Waals surface area contributed by atoms with Gasteiger partial charge in [-0.2, -0.15) is 0 Å². The topological polar surface area (TPSA) is 114 Å². The number of hydrogen-bond acceptors (Lipinski definition) is 5. The van der Waals surface area contributed by atoms with Gasteiger partial charge in [-0.25, -0.2) is 27.9 Å². The van der Waals surface area contributed by atoms with E-state index in [-0.39, 0.29) is 10.7 Å². The number of sulfonamides is 1. The number of aromatic amines is 1. The van der Waals surface area contributed by atoms with Gasteiger partial charge in [0.05, 0.1) is 5.69 Å². The van der Waals surface area contributed by atoms with Gasteiger partial charge in [-0.05, 0) is 36.8 Å². The molecule has 4 N–H and O–H groups in total. The van der Waals surface area contributed by atoms with Crippen LogP contribution in [0.15, 0.2) is 47.6 Å². The molecule has 2 heterocycles. The van der Waals surface area contributed by atoms with Gasteiger partial charge in [-0.1, -0.05) is 23.7 Å². The normalized spacial score (nSPS) is 12.8. The molecule has 26 heavy (non-hydrogen) atoms. The molecule has 0 radical (unpaired) electrons. The number of primary sulfonamides is 1. The number of aryl methyl sites for hydroxylation is 1. The fourth-order valence-electron chi connectivity index (χ4n) is 2.38. The molecule has 0 spiro atoms. The third kappa shape index (κ3) is 4.01. The maximum atomic E-state index is 13.5. The van der Waals surface area contributed by atoms with E-state index in [9.17, 15) is 12.8 Å². The average molecular weight is 396 g/mol. The van der Waals surface area contributed by atoms with Gasteiger partial charge < -0.3 is 10.3 Å². The van der Waals surface area contributed by atoms with Crippen molar-refractivity contribution >= 4 is 27.4 Å². The minimum absolute atomic E-state index is 0.226. The second-order valence-corrected chi connectivity index (χ2v) is 7.51. The number of nitrogens with two attached hydrogens (primary N) is 1. The van der Waals surface area contributed by atoms with Crippen LogP contribution >= 0.6 is 11.6 Å². The average Bonchev–Trinajstić information content (AvgIpc) is 3.06. The largest absolute Gasteiger partial charge is 0.356 e. The molecule has 0 aliphatic carbocycles. The summed E-state index contributed by atoms with van der Waals surface area (Å²) in [6.45, 7) is 1.54. The molecule has 0 bridgehead atoms. The summed E-state index contributed by atoms with van der Waals surface area (Å²) >= 11 is 6.06. The minimum Gasteiger partial charge on any atom is -0.356 e. The highest BCUT2D eigenvalue weighted by Crippen LogP contribution is 2.27. The standard InChI is InChI=1S/C16H15ClFN5O2S/c1-9-12(18)5-6-13(21-9)22-15(10-3-2-4-11(17)7-10)16-20-8-14(23-16)26(19,24)25/h2-8,15H,1H3,(H,20,23)(H,21,22)(H2,19,24,25). The fourth-order valence-corrected chi connectivity index (χ4v) is 3.03. The molecular weight excluding hydrogens is 381 g/mol. The van der Waals surface area contributed by atoms with Crippen molar-refractivity contribution in [1.82, 2.24) is 15.0 Å². The van der Waals surface area contributed by atoms with Crippen molar-refractivity contribution < 1.29 is 12.8 Å². The molecule has 1 aromatic carbocycles. The minimum atomic E-state index is -3.95. The molecule has 3 aromatic rings. The van der Waals surface area contributed by atoms with Gasteiger partial charge in [-0.15, -0.1) is 0 Å². The van der Waals surface area contributed by atoms with Crippen molar-refractivity contribution in [2.45, 2.75) is 18.0 Å². The Kier molecular flexibility index (Phi) is 4.94. The first-order valence-corrected chi connectivity index (χ1v) is 9.40. The number of nitrogens with zero attached hydrogens (tertiary/aromatic N) is 2. The van der Waals surface area contributed by atoms with Gasteiger partial charge in [0.2, 0.25) is 0 Å². The van der Waals surface area contributed by atoms with E-state index in [2.05, 4.69) is 20.3 Å². The zero-order valence-electron chi connectivity index (χ0n) is 13.6. The fraction of sp³-hybridized carbons (Fsp3) is 0.125. The molecule has 0 fully saturated rings. The lowest BCUT2D eigenvalue weighted by Gasteiger charge is -2.18. The molecule has 7 nitrogen and oxygen atoms in total. The predicted octanol–water partition coefficient (Wildman–Crippen LogP) is 2.75. The van der Waals surface area contributed by atoms with Crippen molar-refractivity contribution in [3.05, 3.63) is 70.5 Å². The first kappa shape index (κ1) is 18.3. The molecule has 0 amide bonds. The van der Waals surface area contributed by atoms with Crippen molar-refractivity contribution in [3.63, 3.8) is 0 Å². The summed E-state index contributed by atoms with van der Waals surface area (Å²) in [5, 5.41) is 8.43. The van der Waals surface area contributed by atoms with Crippen LogP contribution < -0.4 is 10.5 Å². The van der Waals surface area contributed by atoms with Crippen LogP contribution in [0.4, 0.5) is 10.2 Å². The van der Waals surface area contributed by atoms with Crippen LogP contribution in [0, 0.1) is 12.7 Å². The molecule has 2 aromatic heterocycles. The van der Waals surface area contributed by atoms with Gasteiger partial charge >= 0.3 is 0 Å². The molecule has 1 atom stereocenters. The van der Waals surface area contributed by atoms with Gasteiger partial charge in [0.1, 0.15) is 23.5 Å². The maximum absolute atomic E-state index is 13.5. The number of anilines is 1. The molecule has 0 aliphatic rings. The predicted molar refractivity (Wildman–Crippen MR) is 95.8 cm³/mol. The van der Waals surface area contributed by atoms with Crippen LogP contribution in [-0.2, 0) is 10.0 Å². The Morgan fingerprint density at radius 2 is 2.04 bits per heavy atom. The highest BCUT2D eigenvalue weighted by molar-refractivity contribution is 7.89. The van der Waals surface area contributed by atoms with E-state index in [4.69, 9.17) is 16.7 Å². The number of hydrogen-bond donors (Lipinski definition) is 3. The Morgan fingerprint density at radius 3 is 2.65 bits per heavy atom. The lowest BCUT2D eigenvalue weighted by molar-refractivity contribution is 0.594. The molecular formula is C16H15ClFN5O2S. The Labute approximate surface area is 154 Å². The number of aromatic nitrogens is 3. The molecule has 136 valence electrons. The molecule has 3 rings (SSSR count). The van der Waals surface area contributed by atoms with Crippen molar-refractivity contribution in [3.8, 4) is 0 Å². The molecule has 0 saturated heterocycles. The second-order valence-electron chi connectivity index (χ2n) is 5.57. The number of rotatable bonds is 5. The lowest BCUT2D eigenvalue weighted by atomic mass is 10.1. The number of imidazole rings is 1. The third-order valence-electron chi connectivity index (χ3n) is 3.63. The molecule has 0 aliphatic heterocycles. The SMILES string of the molecule is Cc1nc(NC(c2cccc(Cl)c2)c2nc(S(N)(=O)=O)c[nH]2)ccc1F. The highest BCUT2D eigenvalue weighted by Gasteiger charge is 2.21. The number of pyridine rings is 1. The number of halogens is 2. The zero-order chi connectivity index (χ0) is 18.9. The summed E-state index contributed by atoms with van der Waals surface area (Å²) in [6, 6.07) is 9.11. The Hall–Kier alpha value is -2.49. The summed E-state index contributed by atoms with van der Waals surface area (Å²) in [6.07, 6.45) is 1.20. The summed E-state index contributed by atoms with van der Waals surface area (Å²) < 4.78 is 36.5. The molecule has 10 heteroatoms. The van der Waals surface area contributed by atoms with Crippen LogP contribution in [0.5, 0.6) is 0 Å². The summed E-state index contributed by atoms with van der Waals surface area (Å²) in [4.78, 5) is 11.0. The van der Waals surface area contributed by atoms with Gasteiger partial charge in [0, 0.05) is 11.2 Å². The van der Waals surface area contributed by atoms with Crippen LogP contribution in [0.2, 0.25) is 5.02 Å². The first-order valence-electron chi connectivity index (χ1n) is 7.47. The monoisotopic (exact) mass is 395 g/mol. The van der Waals surface area contributed by atoms with E-state index < -0.39 is 21.9 Å². The molecule has 0 saturated carbocycles. The Balaban J connectivity index is 2.04. The Morgan fingerprint density at radius 1 is 1.27 bits per heavy atom. The lowest BCUT2D eigenvalue weighted by Crippen LogP contribution is -2.16. The van der Waals surface area contributed by atoms with Gasteiger partial charge in [0.25, 0.3) is 10.0 Å². The smallest absolute Gasteiger partial charge is 0.257 e. The van der Waals surface area contributed by atoms with Crippen LogP contribution in [0.1, 0.15) is 23.1 Å². The quantitative estimate of drug-likeness (QED) is 0.614. The number of H-pyrrole nitrogens is 1. The van der Waals surface area contributed by atoms with Gasteiger partial charge in [0.15, 0.2) is 5.03 Å². The van der Waals surface area contributed by atoms with E-state index in [1.807, 2.05) is 0 Å². The van der Waals surface area contributed by atoms with E-state index in [0.29, 0.717) is 22.2 Å². The summed E-state index contributed by atoms with van der Waals surface area (Å²) in [7, 11) is -3.95. The van der Waals surface area contributed by atoms with Gasteiger partial charge in [-0.3, -0.25) is 0 Å². The maximum Gasteiger partial charge on any atom is 0.257 e. The van der Waals surface area contributed by atoms with E-state index >= 15 is 0 Å². The van der Waals surface area contributed by atoms with Crippen LogP contribution in [0.3, 0.4) is 0 Å². The number of benzene rings is 1. The summed E-state index contributed by atoms with van der Waals surface area (Å²) in [5.74, 6) is 0.256. The van der Waals surface area contributed by atoms with E-state index in [0.717, 1.165) is 0 Å². The molecule has 1 unspecified atom stereocenters. The first-order chi connectivity index (χ1) is 12.2. The zero-order valence-corrected chi connectivity index (χ0v) is 15.1.